The second kappa shape index (κ2) is 11.2. The van der Waals surface area contributed by atoms with Gasteiger partial charge >= 0.3 is 0 Å². The highest BCUT2D eigenvalue weighted by Crippen LogP contribution is 2.40. The third-order valence-electron chi connectivity index (χ3n) is 9.33. The average molecular weight is 643 g/mol. The molecule has 0 radical (unpaired) electrons. The second-order valence-corrected chi connectivity index (χ2v) is 13.4. The van der Waals surface area contributed by atoms with E-state index in [-0.39, 0.29) is 0 Å². The van der Waals surface area contributed by atoms with Crippen LogP contribution in [-0.2, 0) is 0 Å². The van der Waals surface area contributed by atoms with Crippen LogP contribution in [0.4, 0.5) is 0 Å². The molecule has 0 atom stereocenters. The number of aromatic nitrogens is 4. The van der Waals surface area contributed by atoms with Gasteiger partial charge in [0.2, 0.25) is 0 Å². The Hall–Kier alpha value is -6.30. The van der Waals surface area contributed by atoms with Gasteiger partial charge in [-0.1, -0.05) is 115 Å². The third-order valence-corrected chi connectivity index (χ3v) is 10.5. The highest BCUT2D eigenvalue weighted by molar-refractivity contribution is 7.25. The summed E-state index contributed by atoms with van der Waals surface area (Å²) in [6.45, 7) is 0. The number of pyridine rings is 1. The number of hydrogen-bond acceptors (Lipinski definition) is 5. The van der Waals surface area contributed by atoms with Crippen molar-refractivity contribution in [2.45, 2.75) is 0 Å². The molecule has 3 heterocycles. The van der Waals surface area contributed by atoms with Crippen LogP contribution in [0.25, 0.3) is 97.9 Å². The molecule has 10 aromatic rings. The van der Waals surface area contributed by atoms with Crippen LogP contribution in [-0.4, -0.2) is 19.9 Å². The molecule has 0 saturated carbocycles. The summed E-state index contributed by atoms with van der Waals surface area (Å²) in [6.07, 6.45) is 1.86. The maximum Gasteiger partial charge on any atom is 0.165 e. The Morgan fingerprint density at radius 1 is 0.367 bits per heavy atom. The van der Waals surface area contributed by atoms with E-state index in [1.807, 2.05) is 78.2 Å². The fourth-order valence-electron chi connectivity index (χ4n) is 6.90. The minimum Gasteiger partial charge on any atom is -0.255 e. The van der Waals surface area contributed by atoms with Crippen LogP contribution in [0.15, 0.2) is 158 Å². The Morgan fingerprint density at radius 3 is 1.67 bits per heavy atom. The Bertz CT molecular complexity index is 2800. The minimum atomic E-state index is 0.594. The zero-order valence-electron chi connectivity index (χ0n) is 26.2. The minimum absolute atomic E-state index is 0.594. The smallest absolute Gasteiger partial charge is 0.165 e. The molecule has 0 aliphatic heterocycles. The van der Waals surface area contributed by atoms with Gasteiger partial charge in [0, 0.05) is 48.6 Å². The van der Waals surface area contributed by atoms with Gasteiger partial charge in [-0.25, -0.2) is 15.0 Å². The highest BCUT2D eigenvalue weighted by Gasteiger charge is 2.14. The van der Waals surface area contributed by atoms with Crippen molar-refractivity contribution in [1.29, 1.82) is 0 Å². The number of fused-ring (bicyclic) bond motifs is 8. The Balaban J connectivity index is 1.06. The molecule has 0 bridgehead atoms. The first-order valence-corrected chi connectivity index (χ1v) is 17.1. The van der Waals surface area contributed by atoms with Crippen molar-refractivity contribution in [1.82, 2.24) is 19.9 Å². The van der Waals surface area contributed by atoms with Crippen LogP contribution in [0.1, 0.15) is 0 Å². The lowest BCUT2D eigenvalue weighted by Gasteiger charge is -2.11. The van der Waals surface area contributed by atoms with Gasteiger partial charge in [0.05, 0.1) is 5.69 Å². The fourth-order valence-corrected chi connectivity index (χ4v) is 8.04. The molecule has 0 fully saturated rings. The fraction of sp³-hybridized carbons (Fsp3) is 0. The van der Waals surface area contributed by atoms with E-state index in [0.29, 0.717) is 17.5 Å². The molecule has 0 spiro atoms. The summed E-state index contributed by atoms with van der Waals surface area (Å²) in [5.74, 6) is 1.86. The molecule has 0 unspecified atom stereocenters. The van der Waals surface area contributed by atoms with Crippen molar-refractivity contribution in [2.75, 3.05) is 0 Å². The first kappa shape index (κ1) is 27.8. The molecule has 0 N–H and O–H groups in total. The van der Waals surface area contributed by atoms with E-state index in [4.69, 9.17) is 19.9 Å². The van der Waals surface area contributed by atoms with E-state index in [0.717, 1.165) is 27.9 Å². The van der Waals surface area contributed by atoms with E-state index < -0.39 is 0 Å². The Kier molecular flexibility index (Phi) is 6.32. The Morgan fingerprint density at radius 2 is 0.980 bits per heavy atom. The first-order chi connectivity index (χ1) is 24.2. The van der Waals surface area contributed by atoms with Crippen molar-refractivity contribution in [3.63, 3.8) is 0 Å². The van der Waals surface area contributed by atoms with Crippen molar-refractivity contribution >= 4 is 63.8 Å². The average Bonchev–Trinajstić information content (AvgIpc) is 3.54. The summed E-state index contributed by atoms with van der Waals surface area (Å²) < 4.78 is 2.66. The quantitative estimate of drug-likeness (QED) is 0.179. The van der Waals surface area contributed by atoms with Gasteiger partial charge in [-0.2, -0.15) is 0 Å². The summed E-state index contributed by atoms with van der Waals surface area (Å²) in [4.78, 5) is 19.5. The van der Waals surface area contributed by atoms with Gasteiger partial charge in [-0.05, 0) is 68.7 Å². The van der Waals surface area contributed by atoms with Gasteiger partial charge in [0.25, 0.3) is 0 Å². The monoisotopic (exact) mass is 642 g/mol. The molecule has 10 rings (SSSR count). The number of benzene rings is 7. The lowest BCUT2D eigenvalue weighted by molar-refractivity contribution is 1.07. The largest absolute Gasteiger partial charge is 0.255 e. The molecule has 7 aromatic carbocycles. The van der Waals surface area contributed by atoms with Crippen molar-refractivity contribution < 1.29 is 0 Å². The molecule has 0 aliphatic rings. The van der Waals surface area contributed by atoms with Crippen molar-refractivity contribution in [2.24, 2.45) is 0 Å². The summed E-state index contributed by atoms with van der Waals surface area (Å²) in [5, 5.41) is 10.2. The first-order valence-electron chi connectivity index (χ1n) is 16.3. The lowest BCUT2D eigenvalue weighted by atomic mass is 9.94. The van der Waals surface area contributed by atoms with Gasteiger partial charge in [0.1, 0.15) is 0 Å². The maximum atomic E-state index is 4.91. The van der Waals surface area contributed by atoms with Crippen LogP contribution >= 0.6 is 11.3 Å². The van der Waals surface area contributed by atoms with Gasteiger partial charge < -0.3 is 0 Å². The zero-order chi connectivity index (χ0) is 32.3. The zero-order valence-corrected chi connectivity index (χ0v) is 27.0. The van der Waals surface area contributed by atoms with Crippen molar-refractivity contribution in [3.05, 3.63) is 158 Å². The van der Waals surface area contributed by atoms with Crippen LogP contribution in [0.3, 0.4) is 0 Å². The predicted octanol–water partition coefficient (Wildman–Crippen LogP) is 11.8. The predicted molar refractivity (Wildman–Crippen MR) is 205 cm³/mol. The van der Waals surface area contributed by atoms with Crippen LogP contribution < -0.4 is 0 Å². The topological polar surface area (TPSA) is 51.6 Å². The number of rotatable bonds is 4. The standard InChI is InChI=1S/C44H26N4S/c1-3-9-28(10-4-1)42-46-43(29-11-5-2-6-12-29)48-44(47-42)33-20-22-38(45-26-33)32-19-21-34-30(23-32)17-15-27-16-18-31-24-40-37(25-36(31)41(27)34)35-13-7-8-14-39(35)49-40/h1-26H. The molecule has 228 valence electrons. The summed E-state index contributed by atoms with van der Waals surface area (Å²) in [5.41, 5.74) is 4.69. The summed E-state index contributed by atoms with van der Waals surface area (Å²) >= 11 is 1.87. The molecule has 4 nitrogen and oxygen atoms in total. The second-order valence-electron chi connectivity index (χ2n) is 12.3. The summed E-state index contributed by atoms with van der Waals surface area (Å²) in [6, 6.07) is 53.3. The molecule has 49 heavy (non-hydrogen) atoms. The van der Waals surface area contributed by atoms with E-state index in [2.05, 4.69) is 91.0 Å². The molecular formula is C44H26N4S. The van der Waals surface area contributed by atoms with Crippen LogP contribution in [0.2, 0.25) is 0 Å². The molecule has 5 heteroatoms. The summed E-state index contributed by atoms with van der Waals surface area (Å²) in [7, 11) is 0. The molecule has 0 amide bonds. The number of nitrogens with zero attached hydrogens (tertiary/aromatic N) is 4. The Labute approximate surface area is 286 Å². The van der Waals surface area contributed by atoms with E-state index in [1.165, 1.54) is 52.5 Å². The van der Waals surface area contributed by atoms with Gasteiger partial charge in [0.15, 0.2) is 17.5 Å². The number of thiophene rings is 1. The molecular weight excluding hydrogens is 617 g/mol. The van der Waals surface area contributed by atoms with Crippen LogP contribution in [0, 0.1) is 0 Å². The van der Waals surface area contributed by atoms with Crippen molar-refractivity contribution in [3.8, 4) is 45.4 Å². The lowest BCUT2D eigenvalue weighted by Crippen LogP contribution is -2.00. The van der Waals surface area contributed by atoms with Gasteiger partial charge in [-0.3, -0.25) is 4.98 Å². The van der Waals surface area contributed by atoms with E-state index in [9.17, 15) is 0 Å². The highest BCUT2D eigenvalue weighted by atomic mass is 32.1. The van der Waals surface area contributed by atoms with E-state index >= 15 is 0 Å². The van der Waals surface area contributed by atoms with Crippen LogP contribution in [0.5, 0.6) is 0 Å². The third kappa shape index (κ3) is 4.74. The maximum absolute atomic E-state index is 4.91. The molecule has 3 aromatic heterocycles. The molecule has 0 saturated heterocycles. The van der Waals surface area contributed by atoms with Gasteiger partial charge in [-0.15, -0.1) is 11.3 Å². The normalized spacial score (nSPS) is 11.7. The SMILES string of the molecule is c1ccc(-c2nc(-c3ccccc3)nc(-c3ccc(-c4ccc5c(ccc6ccc7cc8sc9ccccc9c8cc7c65)c4)nc3)n2)cc1. The van der Waals surface area contributed by atoms with E-state index in [1.54, 1.807) is 0 Å². The number of hydrogen-bond donors (Lipinski definition) is 0. The molecule has 0 aliphatic carbocycles.